The first kappa shape index (κ1) is 101. The van der Waals surface area contributed by atoms with E-state index in [-0.39, 0.29) is 33.3 Å². The van der Waals surface area contributed by atoms with Gasteiger partial charge in [-0.3, -0.25) is 46.0 Å². The molecule has 143 heavy (non-hydrogen) atoms. The fourth-order valence-electron chi connectivity index (χ4n) is 18.4. The number of ether oxygens (including phenoxy) is 10. The van der Waals surface area contributed by atoms with Crippen molar-refractivity contribution in [2.45, 2.75) is 52.1 Å². The van der Waals surface area contributed by atoms with E-state index in [1.165, 1.54) is 0 Å². The molecule has 5 aromatic carbocycles. The topological polar surface area (TPSA) is 323 Å². The van der Waals surface area contributed by atoms with Gasteiger partial charge in [0.25, 0.3) is 27.8 Å². The van der Waals surface area contributed by atoms with Crippen molar-refractivity contribution in [3.05, 3.63) is 265 Å². The molecule has 0 unspecified atom stereocenters. The minimum Gasteiger partial charge on any atom is -0.493 e. The largest absolute Gasteiger partial charge is 0.493 e. The Labute approximate surface area is 829 Å². The molecule has 20 rings (SSSR count). The molecule has 5 aliphatic rings. The highest BCUT2D eigenvalue weighted by Crippen LogP contribution is 2.38. The van der Waals surface area contributed by atoms with Crippen LogP contribution in [0.4, 0.5) is 28.4 Å². The number of rotatable bonds is 21. The number of nitrogens with zero attached hydrogens (tertiary/aromatic N) is 17. The fourth-order valence-corrected chi connectivity index (χ4v) is 18.4. The zero-order chi connectivity index (χ0) is 101. The number of methoxy groups -OCH3 is 10. The minimum absolute atomic E-state index is 0.0354. The van der Waals surface area contributed by atoms with Crippen molar-refractivity contribution < 1.29 is 47.4 Å². The third-order valence-electron chi connectivity index (χ3n) is 26.3. The summed E-state index contributed by atoms with van der Waals surface area (Å²) in [7, 11) is 18.1. The molecule has 748 valence electrons. The van der Waals surface area contributed by atoms with E-state index in [4.69, 9.17) is 52.4 Å². The average molecular weight is 1940 g/mol. The molecule has 3 N–H and O–H groups in total. The summed E-state index contributed by atoms with van der Waals surface area (Å²) in [6.45, 7) is 27.2. The number of piperazine rings is 3. The molecule has 35 heteroatoms. The zero-order valence-electron chi connectivity index (χ0n) is 83.9. The molecule has 1 atom stereocenters. The molecule has 0 bridgehead atoms. The summed E-state index contributed by atoms with van der Waals surface area (Å²) in [4.78, 5) is 104. The summed E-state index contributed by atoms with van der Waals surface area (Å²) in [5, 5.41) is 10.3. The maximum atomic E-state index is 12.8. The van der Waals surface area contributed by atoms with Crippen molar-refractivity contribution in [2.75, 3.05) is 227 Å². The lowest BCUT2D eigenvalue weighted by Crippen LogP contribution is -2.57. The van der Waals surface area contributed by atoms with Crippen molar-refractivity contribution in [1.29, 1.82) is 0 Å². The monoisotopic (exact) mass is 1940 g/mol. The first-order valence-corrected chi connectivity index (χ1v) is 48.0. The summed E-state index contributed by atoms with van der Waals surface area (Å²) >= 11 is 0. The lowest BCUT2D eigenvalue weighted by Gasteiger charge is -2.40. The summed E-state index contributed by atoms with van der Waals surface area (Å²) in [5.74, 6) is 6.21. The number of hydrogen-bond acceptors (Lipinski definition) is 30. The van der Waals surface area contributed by atoms with Crippen molar-refractivity contribution in [1.82, 2.24) is 72.7 Å². The molecular formula is C108H126N20O15. The van der Waals surface area contributed by atoms with Crippen molar-refractivity contribution >= 4 is 56.7 Å². The Morgan fingerprint density at radius 1 is 0.308 bits per heavy atom. The van der Waals surface area contributed by atoms with E-state index in [0.717, 1.165) is 193 Å². The number of likely N-dealkylation sites (N-methyl/N-ethyl adjacent to an activating group) is 2. The lowest BCUT2D eigenvalue weighted by molar-refractivity contribution is 0.271. The zero-order valence-corrected chi connectivity index (χ0v) is 83.9. The first-order valence-electron chi connectivity index (χ1n) is 48.0. The normalized spacial score (nSPS) is 15.6. The van der Waals surface area contributed by atoms with Crippen LogP contribution in [0.5, 0.6) is 57.5 Å². The van der Waals surface area contributed by atoms with E-state index < -0.39 is 0 Å². The van der Waals surface area contributed by atoms with Gasteiger partial charge in [-0.1, -0.05) is 6.92 Å². The van der Waals surface area contributed by atoms with Gasteiger partial charge in [0, 0.05) is 205 Å². The predicted molar refractivity (Wildman–Crippen MR) is 562 cm³/mol. The van der Waals surface area contributed by atoms with Gasteiger partial charge in [0.15, 0.2) is 57.5 Å². The third kappa shape index (κ3) is 23.6. The molecule has 0 spiro atoms. The molecule has 0 amide bonds. The number of anilines is 5. The second-order valence-electron chi connectivity index (χ2n) is 36.0. The van der Waals surface area contributed by atoms with E-state index in [1.807, 2.05) is 183 Å². The molecule has 0 saturated carbocycles. The Kier molecular flexibility index (Phi) is 32.4. The molecule has 35 nitrogen and oxygen atoms in total. The van der Waals surface area contributed by atoms with Crippen LogP contribution in [-0.2, 0) is 0 Å². The summed E-state index contributed by atoms with van der Waals surface area (Å²) in [5.41, 5.74) is 14.9. The van der Waals surface area contributed by atoms with E-state index in [9.17, 15) is 24.0 Å². The molecule has 5 saturated heterocycles. The van der Waals surface area contributed by atoms with Gasteiger partial charge in [0.2, 0.25) is 0 Å². The quantitative estimate of drug-likeness (QED) is 0.0602. The van der Waals surface area contributed by atoms with E-state index in [2.05, 4.69) is 105 Å². The molecule has 5 fully saturated rings. The van der Waals surface area contributed by atoms with E-state index in [0.29, 0.717) is 120 Å². The van der Waals surface area contributed by atoms with Gasteiger partial charge in [0.05, 0.1) is 128 Å². The van der Waals surface area contributed by atoms with Crippen LogP contribution >= 0.6 is 0 Å². The van der Waals surface area contributed by atoms with Crippen LogP contribution in [0, 0.1) is 0 Å². The number of nitrogens with one attached hydrogen (secondary N) is 3. The highest BCUT2D eigenvalue weighted by Gasteiger charge is 2.28. The molecule has 0 aliphatic carbocycles. The van der Waals surface area contributed by atoms with Crippen LogP contribution in [0.1, 0.15) is 40.5 Å². The van der Waals surface area contributed by atoms with Crippen LogP contribution < -0.4 is 116 Å². The highest BCUT2D eigenvalue weighted by molar-refractivity contribution is 5.72. The van der Waals surface area contributed by atoms with E-state index in [1.54, 1.807) is 123 Å². The standard InChI is InChI=1S/3C22H26N4O3.2C21H24N4O3/c1-22(2)14-25(10-9-23-22)16-6-8-20-24-17(12-21(27)26(20)13-16)15-5-7-18(28-3)19(11-15)29-4;1-24-9-4-10-25(12-11-24)17-6-8-21-23-18(14-22(27)26(21)15-17)16-5-7-19(28-2)20(13-16)29-3;1-4-24-9-11-25(12-10-24)17-6-8-21-23-18(14-22(27)26(21)15-17)16-5-7-19(28-2)20(13-16)29-3;1-14-12-24(9-8-22-14)16-5-7-20-23-17(11-21(26)25(20)13-16)15-4-6-18(27-2)19(10-15)28-3;1-27-18-6-4-15(12-19(18)28-2)17-13-21(26)25-14-16(5-7-20(25)23-17)24-10-3-8-22-9-11-24/h5-8,11-13,23H,9-10,14H2,1-4H3;2*5-8,13-15H,4,9-12H2,1-3H3;4-7,10-11,13-14,22H,8-9,12H2,1-3H3;4-7,12-14,22H,3,8-11H2,1-2H3/t;;;14-;/m...1./s1. The Hall–Kier alpha value is -15.3. The van der Waals surface area contributed by atoms with Crippen LogP contribution in [0.15, 0.2) is 237 Å². The van der Waals surface area contributed by atoms with Crippen molar-refractivity contribution in [2.24, 2.45) is 0 Å². The van der Waals surface area contributed by atoms with Gasteiger partial charge >= 0.3 is 0 Å². The van der Waals surface area contributed by atoms with Gasteiger partial charge in [-0.25, -0.2) is 24.9 Å². The number of hydrogen-bond donors (Lipinski definition) is 3. The number of fused-ring (bicyclic) bond motifs is 5. The van der Waals surface area contributed by atoms with Crippen LogP contribution in [0.25, 0.3) is 84.5 Å². The van der Waals surface area contributed by atoms with E-state index >= 15 is 0 Å². The molecule has 0 radical (unpaired) electrons. The van der Waals surface area contributed by atoms with Gasteiger partial charge < -0.3 is 97.6 Å². The Bertz CT molecular complexity index is 7210. The number of pyridine rings is 5. The summed E-state index contributed by atoms with van der Waals surface area (Å²) in [6.07, 6.45) is 11.6. The van der Waals surface area contributed by atoms with Crippen LogP contribution in [0.3, 0.4) is 0 Å². The first-order chi connectivity index (χ1) is 69.4. The molecule has 5 aliphatic heterocycles. The Balaban J connectivity index is 0.000000128. The second-order valence-corrected chi connectivity index (χ2v) is 36.0. The van der Waals surface area contributed by atoms with Gasteiger partial charge in [-0.2, -0.15) is 0 Å². The van der Waals surface area contributed by atoms with Crippen LogP contribution in [-0.4, -0.2) is 271 Å². The number of aromatic nitrogens is 10. The third-order valence-corrected chi connectivity index (χ3v) is 26.3. The molecule has 15 aromatic rings. The SMILES string of the molecule is CCN1CCN(c2ccc3nc(-c4ccc(OC)c(OC)c4)cc(=O)n3c2)CC1.COc1ccc(-c2cc(=O)n3cc(N4CCCN(C)CC4)ccc3n2)cc1OC.COc1ccc(-c2cc(=O)n3cc(N4CCCNCC4)ccc3n2)cc1OC.COc1ccc(-c2cc(=O)n3cc(N4CCNC(C)(C)C4)ccc3n2)cc1OC.COc1ccc(-c2cc(=O)n3cc(N4CCN[C@H](C)C4)ccc3n2)cc1OC. The molecule has 15 heterocycles. The second kappa shape index (κ2) is 46.0. The Morgan fingerprint density at radius 2 is 0.601 bits per heavy atom. The smallest absolute Gasteiger partial charge is 0.258 e. The maximum absolute atomic E-state index is 12.8. The van der Waals surface area contributed by atoms with Gasteiger partial charge in [0.1, 0.15) is 28.2 Å². The van der Waals surface area contributed by atoms with Crippen LogP contribution in [0.2, 0.25) is 0 Å². The molecule has 10 aromatic heterocycles. The Morgan fingerprint density at radius 3 is 0.923 bits per heavy atom. The maximum Gasteiger partial charge on any atom is 0.258 e. The van der Waals surface area contributed by atoms with Crippen molar-refractivity contribution in [3.8, 4) is 114 Å². The summed E-state index contributed by atoms with van der Waals surface area (Å²) in [6, 6.07) is 55.5. The number of benzene rings is 5. The fraction of sp³-hybridized carbons (Fsp3) is 0.352. The lowest BCUT2D eigenvalue weighted by atomic mass is 10.0. The van der Waals surface area contributed by atoms with Gasteiger partial charge in [-0.15, -0.1) is 0 Å². The highest BCUT2D eigenvalue weighted by atomic mass is 16.5. The average Bonchev–Trinajstić information content (AvgIpc) is 1.51. The summed E-state index contributed by atoms with van der Waals surface area (Å²) < 4.78 is 61.3. The molecular weight excluding hydrogens is 1820 g/mol. The predicted octanol–water partition coefficient (Wildman–Crippen LogP) is 12.0. The minimum atomic E-state index is -0.115. The van der Waals surface area contributed by atoms with Crippen molar-refractivity contribution in [3.63, 3.8) is 0 Å². The van der Waals surface area contributed by atoms with Gasteiger partial charge in [-0.05, 0) is 212 Å².